The smallest absolute Gasteiger partial charge is 0.159 e. The second-order valence-electron chi connectivity index (χ2n) is 1.34. The first-order chi connectivity index (χ1) is 4.33. The van der Waals surface area contributed by atoms with Crippen LogP contribution in [0.2, 0.25) is 0 Å². The zero-order valence-electron chi connectivity index (χ0n) is 4.37. The van der Waals surface area contributed by atoms with Gasteiger partial charge < -0.3 is 0 Å². The molecule has 0 saturated heterocycles. The van der Waals surface area contributed by atoms with E-state index in [9.17, 15) is 0 Å². The number of hydrogen-bond acceptors (Lipinski definition) is 3. The molecule has 0 atom stereocenters. The highest BCUT2D eigenvalue weighted by molar-refractivity contribution is 14.1. The first-order valence-corrected chi connectivity index (χ1v) is 3.28. The van der Waals surface area contributed by atoms with E-state index in [0.29, 0.717) is 5.69 Å². The summed E-state index contributed by atoms with van der Waals surface area (Å²) in [7, 11) is 0. The Morgan fingerprint density at radius 3 is 2.78 bits per heavy atom. The molecule has 0 aliphatic heterocycles. The van der Waals surface area contributed by atoms with Gasteiger partial charge in [-0.05, 0) is 22.6 Å². The van der Waals surface area contributed by atoms with Gasteiger partial charge in [-0.1, -0.05) is 0 Å². The summed E-state index contributed by atoms with van der Waals surface area (Å²) in [5, 5.41) is 8.31. The van der Waals surface area contributed by atoms with Gasteiger partial charge >= 0.3 is 0 Å². The minimum Gasteiger partial charge on any atom is -0.259 e. The van der Waals surface area contributed by atoms with Crippen molar-refractivity contribution in [1.29, 1.82) is 5.26 Å². The van der Waals surface area contributed by atoms with Crippen molar-refractivity contribution in [2.45, 2.75) is 0 Å². The molecule has 0 aromatic carbocycles. The van der Waals surface area contributed by atoms with E-state index in [1.54, 1.807) is 6.20 Å². The molecule has 0 aliphatic carbocycles. The van der Waals surface area contributed by atoms with Crippen LogP contribution >= 0.6 is 22.6 Å². The van der Waals surface area contributed by atoms with Crippen molar-refractivity contribution >= 4 is 22.6 Å². The van der Waals surface area contributed by atoms with Gasteiger partial charge in [-0.3, -0.25) is 4.98 Å². The Bertz CT molecular complexity index is 253. The number of hydrogen-bond donors (Lipinski definition) is 0. The van der Waals surface area contributed by atoms with Gasteiger partial charge in [0.25, 0.3) is 0 Å². The van der Waals surface area contributed by atoms with Crippen molar-refractivity contribution in [2.75, 3.05) is 0 Å². The summed E-state index contributed by atoms with van der Waals surface area (Å²) in [6.07, 6.45) is 3.03. The summed E-state index contributed by atoms with van der Waals surface area (Å²) in [6, 6.07) is 1.89. The number of halogens is 1. The van der Waals surface area contributed by atoms with E-state index in [4.69, 9.17) is 5.26 Å². The summed E-state index contributed by atoms with van der Waals surface area (Å²) in [5.41, 5.74) is 0.363. The van der Waals surface area contributed by atoms with E-state index in [-0.39, 0.29) is 0 Å². The summed E-state index contributed by atoms with van der Waals surface area (Å²) >= 11 is 2.00. The van der Waals surface area contributed by atoms with Crippen molar-refractivity contribution in [1.82, 2.24) is 9.97 Å². The second kappa shape index (κ2) is 2.73. The van der Waals surface area contributed by atoms with Gasteiger partial charge in [0.15, 0.2) is 5.69 Å². The molecular weight excluding hydrogens is 229 g/mol. The standard InChI is InChI=1S/C5H2IN3/c6-5-3-8-2-4(1-7)9-5/h2-3H. The van der Waals surface area contributed by atoms with Crippen LogP contribution in [-0.2, 0) is 0 Å². The molecule has 1 aromatic heterocycles. The molecule has 0 amide bonds. The Morgan fingerprint density at radius 2 is 2.33 bits per heavy atom. The molecule has 0 N–H and O–H groups in total. The molecule has 9 heavy (non-hydrogen) atoms. The molecule has 1 heterocycles. The zero-order chi connectivity index (χ0) is 6.69. The summed E-state index contributed by atoms with van der Waals surface area (Å²) in [6.45, 7) is 0. The van der Waals surface area contributed by atoms with Gasteiger partial charge in [0.1, 0.15) is 9.77 Å². The number of aromatic nitrogens is 2. The molecular formula is C5H2IN3. The van der Waals surface area contributed by atoms with E-state index in [0.717, 1.165) is 3.70 Å². The topological polar surface area (TPSA) is 49.6 Å². The van der Waals surface area contributed by atoms with E-state index >= 15 is 0 Å². The molecule has 0 bridgehead atoms. The molecule has 0 radical (unpaired) electrons. The molecule has 1 rings (SSSR count). The van der Waals surface area contributed by atoms with Crippen molar-refractivity contribution in [3.05, 3.63) is 21.8 Å². The number of nitriles is 1. The van der Waals surface area contributed by atoms with Gasteiger partial charge in [0.05, 0.1) is 12.4 Å². The lowest BCUT2D eigenvalue weighted by molar-refractivity contribution is 1.13. The summed E-state index contributed by atoms with van der Waals surface area (Å²) in [4.78, 5) is 7.62. The lowest BCUT2D eigenvalue weighted by atomic mass is 10.5. The van der Waals surface area contributed by atoms with Gasteiger partial charge in [-0.15, -0.1) is 0 Å². The van der Waals surface area contributed by atoms with E-state index in [1.807, 2.05) is 28.7 Å². The molecule has 0 spiro atoms. The van der Waals surface area contributed by atoms with Crippen molar-refractivity contribution < 1.29 is 0 Å². The molecule has 44 valence electrons. The first-order valence-electron chi connectivity index (χ1n) is 2.20. The predicted molar refractivity (Wildman–Crippen MR) is 39.5 cm³/mol. The third kappa shape index (κ3) is 1.61. The maximum absolute atomic E-state index is 8.31. The zero-order valence-corrected chi connectivity index (χ0v) is 6.53. The highest BCUT2D eigenvalue weighted by Gasteiger charge is 1.90. The van der Waals surface area contributed by atoms with Crippen LogP contribution in [0.5, 0.6) is 0 Å². The fourth-order valence-corrected chi connectivity index (χ4v) is 0.817. The predicted octanol–water partition coefficient (Wildman–Crippen LogP) is 0.953. The third-order valence-electron chi connectivity index (χ3n) is 0.720. The van der Waals surface area contributed by atoms with Crippen LogP contribution in [0, 0.1) is 15.0 Å². The highest BCUT2D eigenvalue weighted by atomic mass is 127. The maximum atomic E-state index is 8.31. The van der Waals surface area contributed by atoms with Gasteiger partial charge in [0.2, 0.25) is 0 Å². The van der Waals surface area contributed by atoms with E-state index < -0.39 is 0 Å². The Kier molecular flexibility index (Phi) is 1.95. The third-order valence-corrected chi connectivity index (χ3v) is 1.24. The first kappa shape index (κ1) is 6.42. The average molecular weight is 231 g/mol. The molecule has 0 unspecified atom stereocenters. The molecule has 4 heteroatoms. The fourth-order valence-electron chi connectivity index (χ4n) is 0.396. The van der Waals surface area contributed by atoms with Crippen LogP contribution in [-0.4, -0.2) is 9.97 Å². The van der Waals surface area contributed by atoms with Gasteiger partial charge in [-0.25, -0.2) is 4.98 Å². The quantitative estimate of drug-likeness (QED) is 0.624. The Labute approximate surface area is 65.9 Å². The molecule has 1 aromatic rings. The van der Waals surface area contributed by atoms with Gasteiger partial charge in [-0.2, -0.15) is 5.26 Å². The lowest BCUT2D eigenvalue weighted by Crippen LogP contribution is -1.86. The minimum absolute atomic E-state index is 0.363. The van der Waals surface area contributed by atoms with Crippen molar-refractivity contribution in [3.63, 3.8) is 0 Å². The van der Waals surface area contributed by atoms with E-state index in [1.165, 1.54) is 6.20 Å². The van der Waals surface area contributed by atoms with Crippen molar-refractivity contribution in [3.8, 4) is 6.07 Å². The number of rotatable bonds is 0. The van der Waals surface area contributed by atoms with Gasteiger partial charge in [0, 0.05) is 0 Å². The van der Waals surface area contributed by atoms with Crippen molar-refractivity contribution in [2.24, 2.45) is 0 Å². The Hall–Kier alpha value is -0.700. The Morgan fingerprint density at radius 1 is 1.56 bits per heavy atom. The number of nitrogens with zero attached hydrogens (tertiary/aromatic N) is 3. The molecule has 3 nitrogen and oxygen atoms in total. The summed E-state index contributed by atoms with van der Waals surface area (Å²) < 4.78 is 0.742. The summed E-state index contributed by atoms with van der Waals surface area (Å²) in [5.74, 6) is 0. The normalized spacial score (nSPS) is 8.44. The van der Waals surface area contributed by atoms with Crippen LogP contribution in [0.4, 0.5) is 0 Å². The van der Waals surface area contributed by atoms with Crippen LogP contribution in [0.3, 0.4) is 0 Å². The molecule has 0 fully saturated rings. The molecule has 0 aliphatic rings. The van der Waals surface area contributed by atoms with Crippen LogP contribution in [0.25, 0.3) is 0 Å². The second-order valence-corrected chi connectivity index (χ2v) is 2.44. The average Bonchev–Trinajstić information content (AvgIpc) is 1.88. The lowest BCUT2D eigenvalue weighted by Gasteiger charge is -1.85. The highest BCUT2D eigenvalue weighted by Crippen LogP contribution is 1.97. The monoisotopic (exact) mass is 231 g/mol. The largest absolute Gasteiger partial charge is 0.259 e. The van der Waals surface area contributed by atoms with E-state index in [2.05, 4.69) is 9.97 Å². The SMILES string of the molecule is N#Cc1cncc(I)n1. The van der Waals surface area contributed by atoms with Crippen LogP contribution in [0.1, 0.15) is 5.69 Å². The fraction of sp³-hybridized carbons (Fsp3) is 0. The van der Waals surface area contributed by atoms with Crippen LogP contribution < -0.4 is 0 Å². The minimum atomic E-state index is 0.363. The maximum Gasteiger partial charge on any atom is 0.159 e. The van der Waals surface area contributed by atoms with Crippen LogP contribution in [0.15, 0.2) is 12.4 Å². The molecule has 0 saturated carbocycles. The Balaban J connectivity index is 3.12.